The normalized spacial score (nSPS) is 11.5. The molecule has 3 N–H and O–H groups in total. The molecule has 3 aromatic rings. The van der Waals surface area contributed by atoms with Gasteiger partial charge in [0.25, 0.3) is 5.95 Å². The molecule has 0 saturated carbocycles. The molecule has 0 atom stereocenters. The third kappa shape index (κ3) is 4.23. The van der Waals surface area contributed by atoms with Crippen LogP contribution in [0.2, 0.25) is 0 Å². The topological polar surface area (TPSA) is 81.1 Å². The Morgan fingerprint density at radius 3 is 2.58 bits per heavy atom. The molecule has 26 heavy (non-hydrogen) atoms. The lowest BCUT2D eigenvalue weighted by molar-refractivity contribution is 0.846. The largest absolute Gasteiger partial charge is 0.334 e. The van der Waals surface area contributed by atoms with E-state index >= 15 is 0 Å². The highest BCUT2D eigenvalue weighted by Gasteiger charge is 2.11. The maximum atomic E-state index is 6.11. The van der Waals surface area contributed by atoms with Gasteiger partial charge in [-0.05, 0) is 30.0 Å². The zero-order chi connectivity index (χ0) is 18.4. The van der Waals surface area contributed by atoms with Crippen molar-refractivity contribution in [3.8, 4) is 0 Å². The van der Waals surface area contributed by atoms with Gasteiger partial charge in [-0.15, -0.1) is 10.2 Å². The molecule has 0 unspecified atom stereocenters. The zero-order valence-electron chi connectivity index (χ0n) is 14.9. The molecule has 0 amide bonds. The first-order valence-electron chi connectivity index (χ1n) is 8.44. The Kier molecular flexibility index (Phi) is 5.91. The van der Waals surface area contributed by atoms with Gasteiger partial charge in [0.2, 0.25) is 5.16 Å². The van der Waals surface area contributed by atoms with Gasteiger partial charge in [0.05, 0.1) is 5.71 Å². The summed E-state index contributed by atoms with van der Waals surface area (Å²) in [6.45, 7) is 4.16. The molecular weight excluding hydrogens is 344 g/mol. The average molecular weight is 366 g/mol. The molecule has 7 heteroatoms. The van der Waals surface area contributed by atoms with Gasteiger partial charge in [0, 0.05) is 5.75 Å². The second-order valence-electron chi connectivity index (χ2n) is 5.78. The van der Waals surface area contributed by atoms with E-state index in [9.17, 15) is 0 Å². The lowest BCUT2D eigenvalue weighted by atomic mass is 10.1. The summed E-state index contributed by atoms with van der Waals surface area (Å²) in [7, 11) is 0. The van der Waals surface area contributed by atoms with E-state index in [1.807, 2.05) is 42.5 Å². The van der Waals surface area contributed by atoms with E-state index in [4.69, 9.17) is 5.84 Å². The standard InChI is InChI=1S/C19H22N6S/c1-3-17(15-10-5-4-6-11-15)21-22-18-23-24-19(25(18)20)26-13-16-12-8-7-9-14(16)2/h4-12H,3,13,20H2,1-2H3,(H,22,23)/b21-17+. The van der Waals surface area contributed by atoms with E-state index in [1.165, 1.54) is 15.8 Å². The SMILES string of the molecule is CC/C(=N\Nc1nnc(SCc2ccccc2C)n1N)c1ccccc1. The van der Waals surface area contributed by atoms with Crippen molar-refractivity contribution in [2.24, 2.45) is 5.10 Å². The Morgan fingerprint density at radius 2 is 1.85 bits per heavy atom. The molecule has 0 aliphatic carbocycles. The summed E-state index contributed by atoms with van der Waals surface area (Å²) >= 11 is 1.55. The highest BCUT2D eigenvalue weighted by molar-refractivity contribution is 7.98. The molecule has 0 aliphatic rings. The van der Waals surface area contributed by atoms with Crippen molar-refractivity contribution in [1.29, 1.82) is 0 Å². The molecule has 0 aliphatic heterocycles. The fraction of sp³-hybridized carbons (Fsp3) is 0.211. The smallest absolute Gasteiger partial charge is 0.264 e. The number of benzene rings is 2. The summed E-state index contributed by atoms with van der Waals surface area (Å²) in [6, 6.07) is 18.3. The van der Waals surface area contributed by atoms with Crippen LogP contribution in [0.4, 0.5) is 5.95 Å². The fourth-order valence-corrected chi connectivity index (χ4v) is 3.39. The second kappa shape index (κ2) is 8.53. The van der Waals surface area contributed by atoms with Crippen molar-refractivity contribution in [1.82, 2.24) is 14.9 Å². The Bertz CT molecular complexity index is 888. The average Bonchev–Trinajstić information content (AvgIpc) is 3.02. The van der Waals surface area contributed by atoms with Gasteiger partial charge in [-0.1, -0.05) is 73.3 Å². The second-order valence-corrected chi connectivity index (χ2v) is 6.72. The minimum absolute atomic E-state index is 0.416. The van der Waals surface area contributed by atoms with Crippen LogP contribution < -0.4 is 11.3 Å². The highest BCUT2D eigenvalue weighted by atomic mass is 32.2. The van der Waals surface area contributed by atoms with Gasteiger partial charge < -0.3 is 5.84 Å². The number of thioether (sulfide) groups is 1. The number of nitrogens with two attached hydrogens (primary N) is 1. The zero-order valence-corrected chi connectivity index (χ0v) is 15.7. The quantitative estimate of drug-likeness (QED) is 0.287. The maximum absolute atomic E-state index is 6.11. The van der Waals surface area contributed by atoms with E-state index in [-0.39, 0.29) is 0 Å². The molecule has 134 valence electrons. The first-order chi connectivity index (χ1) is 12.7. The van der Waals surface area contributed by atoms with Crippen LogP contribution in [-0.4, -0.2) is 20.6 Å². The van der Waals surface area contributed by atoms with Crippen LogP contribution >= 0.6 is 11.8 Å². The number of nitrogens with one attached hydrogen (secondary N) is 1. The summed E-state index contributed by atoms with van der Waals surface area (Å²) in [5, 5.41) is 13.3. The lowest BCUT2D eigenvalue weighted by Gasteiger charge is -2.07. The first-order valence-corrected chi connectivity index (χ1v) is 9.43. The molecule has 3 rings (SSSR count). The van der Waals surface area contributed by atoms with Crippen LogP contribution in [0.3, 0.4) is 0 Å². The Hall–Kier alpha value is -2.80. The van der Waals surface area contributed by atoms with Gasteiger partial charge in [-0.2, -0.15) is 5.10 Å². The monoisotopic (exact) mass is 366 g/mol. The van der Waals surface area contributed by atoms with Crippen molar-refractivity contribution in [2.45, 2.75) is 31.2 Å². The van der Waals surface area contributed by atoms with Crippen molar-refractivity contribution in [3.63, 3.8) is 0 Å². The van der Waals surface area contributed by atoms with E-state index in [0.29, 0.717) is 11.1 Å². The van der Waals surface area contributed by atoms with Gasteiger partial charge in [0.1, 0.15) is 0 Å². The molecule has 0 bridgehead atoms. The Balaban J connectivity index is 1.69. The van der Waals surface area contributed by atoms with Gasteiger partial charge in [-0.3, -0.25) is 0 Å². The number of rotatable bonds is 7. The van der Waals surface area contributed by atoms with Crippen LogP contribution in [0.1, 0.15) is 30.0 Å². The van der Waals surface area contributed by atoms with Crippen LogP contribution in [-0.2, 0) is 5.75 Å². The number of nitrogen functional groups attached to an aromatic ring is 1. The summed E-state index contributed by atoms with van der Waals surface area (Å²) in [5.74, 6) is 7.31. The summed E-state index contributed by atoms with van der Waals surface area (Å²) in [4.78, 5) is 0. The number of nitrogens with zero attached hydrogens (tertiary/aromatic N) is 4. The minimum atomic E-state index is 0.416. The predicted octanol–water partition coefficient (Wildman–Crippen LogP) is 3.82. The first kappa shape index (κ1) is 18.0. The molecule has 0 saturated heterocycles. The number of hydrazone groups is 1. The van der Waals surface area contributed by atoms with E-state index in [0.717, 1.165) is 23.4 Å². The molecule has 6 nitrogen and oxygen atoms in total. The molecule has 2 aromatic carbocycles. The molecule has 1 aromatic heterocycles. The van der Waals surface area contributed by atoms with Crippen molar-refractivity contribution >= 4 is 23.4 Å². The van der Waals surface area contributed by atoms with Crippen molar-refractivity contribution < 1.29 is 0 Å². The highest BCUT2D eigenvalue weighted by Crippen LogP contribution is 2.23. The summed E-state index contributed by atoms with van der Waals surface area (Å²) in [6.07, 6.45) is 0.796. The van der Waals surface area contributed by atoms with Crippen molar-refractivity contribution in [2.75, 3.05) is 11.3 Å². The van der Waals surface area contributed by atoms with Crippen LogP contribution in [0.25, 0.3) is 0 Å². The van der Waals surface area contributed by atoms with Gasteiger partial charge >= 0.3 is 0 Å². The van der Waals surface area contributed by atoms with Crippen LogP contribution in [0, 0.1) is 6.92 Å². The van der Waals surface area contributed by atoms with Crippen molar-refractivity contribution in [3.05, 3.63) is 71.3 Å². The Labute approximate surface area is 157 Å². The fourth-order valence-electron chi connectivity index (χ4n) is 2.46. The maximum Gasteiger partial charge on any atom is 0.264 e. The van der Waals surface area contributed by atoms with E-state index in [2.05, 4.69) is 46.7 Å². The lowest BCUT2D eigenvalue weighted by Crippen LogP contribution is -2.14. The molecule has 0 radical (unpaired) electrons. The number of aryl methyl sites for hydroxylation is 1. The molecule has 1 heterocycles. The number of hydrogen-bond donors (Lipinski definition) is 2. The molecule has 0 spiro atoms. The number of anilines is 1. The van der Waals surface area contributed by atoms with E-state index in [1.54, 1.807) is 11.8 Å². The third-order valence-corrected chi connectivity index (χ3v) is 5.01. The number of aromatic nitrogens is 3. The van der Waals surface area contributed by atoms with Crippen LogP contribution in [0.5, 0.6) is 0 Å². The predicted molar refractivity (Wildman–Crippen MR) is 108 cm³/mol. The molecular formula is C19H22N6S. The molecule has 0 fully saturated rings. The van der Waals surface area contributed by atoms with Crippen LogP contribution in [0.15, 0.2) is 64.9 Å². The third-order valence-electron chi connectivity index (χ3n) is 4.02. The summed E-state index contributed by atoms with van der Waals surface area (Å²) in [5.41, 5.74) is 7.44. The van der Waals surface area contributed by atoms with Gasteiger partial charge in [0.15, 0.2) is 0 Å². The minimum Gasteiger partial charge on any atom is -0.334 e. The van der Waals surface area contributed by atoms with Gasteiger partial charge in [-0.25, -0.2) is 10.1 Å². The summed E-state index contributed by atoms with van der Waals surface area (Å²) < 4.78 is 1.44. The number of hydrogen-bond acceptors (Lipinski definition) is 6. The van der Waals surface area contributed by atoms with E-state index < -0.39 is 0 Å². The Morgan fingerprint density at radius 1 is 1.12 bits per heavy atom.